The molecule has 5 rings (SSSR count). The van der Waals surface area contributed by atoms with Crippen molar-refractivity contribution >= 4 is 11.9 Å². The van der Waals surface area contributed by atoms with Crippen LogP contribution in [-0.2, 0) is 15.9 Å². The van der Waals surface area contributed by atoms with Gasteiger partial charge in [0.15, 0.2) is 11.6 Å². The van der Waals surface area contributed by atoms with E-state index in [0.717, 1.165) is 24.7 Å². The Hall–Kier alpha value is -3.82. The van der Waals surface area contributed by atoms with Crippen molar-refractivity contribution in [1.82, 2.24) is 20.4 Å². The number of carbonyl (C=O) groups excluding carboxylic acids is 2. The van der Waals surface area contributed by atoms with Crippen LogP contribution in [0, 0.1) is 11.6 Å². The average molecular weight is 563 g/mol. The van der Waals surface area contributed by atoms with E-state index in [1.807, 2.05) is 48.5 Å². The fourth-order valence-corrected chi connectivity index (χ4v) is 5.99. The van der Waals surface area contributed by atoms with E-state index in [1.54, 1.807) is 30.1 Å². The number of morpholine rings is 1. The first-order valence-electron chi connectivity index (χ1n) is 14.1. The van der Waals surface area contributed by atoms with Crippen LogP contribution in [-0.4, -0.2) is 68.1 Å². The van der Waals surface area contributed by atoms with Gasteiger partial charge < -0.3 is 25.2 Å². The molecule has 2 aliphatic heterocycles. The summed E-state index contributed by atoms with van der Waals surface area (Å²) < 4.78 is 34.7. The Labute approximate surface area is 239 Å². The van der Waals surface area contributed by atoms with E-state index < -0.39 is 22.8 Å². The molecular weight excluding hydrogens is 526 g/mol. The molecule has 2 saturated heterocycles. The minimum absolute atomic E-state index is 0.119. The summed E-state index contributed by atoms with van der Waals surface area (Å²) in [4.78, 5) is 29.8. The largest absolute Gasteiger partial charge is 0.367 e. The van der Waals surface area contributed by atoms with Gasteiger partial charge in [0.25, 0.3) is 5.91 Å². The third kappa shape index (κ3) is 6.26. The van der Waals surface area contributed by atoms with Gasteiger partial charge in [-0.1, -0.05) is 54.6 Å². The summed E-state index contributed by atoms with van der Waals surface area (Å²) in [5, 5.41) is 5.85. The SMILES string of the molecule is CNC(=O)NC1(c2ccccc2)CCN(CCC2(c3ccc(F)c(F)c3)CN(C(=O)c3ccccc3)CCO2)CC1. The monoisotopic (exact) mass is 562 g/mol. The summed E-state index contributed by atoms with van der Waals surface area (Å²) in [5.74, 6) is -1.98. The smallest absolute Gasteiger partial charge is 0.315 e. The van der Waals surface area contributed by atoms with Gasteiger partial charge in [-0.3, -0.25) is 4.79 Å². The Morgan fingerprint density at radius 2 is 1.56 bits per heavy atom. The molecule has 7 nitrogen and oxygen atoms in total. The van der Waals surface area contributed by atoms with Crippen LogP contribution in [0.15, 0.2) is 78.9 Å². The second-order valence-electron chi connectivity index (χ2n) is 10.8. The average Bonchev–Trinajstić information content (AvgIpc) is 3.02. The number of carbonyl (C=O) groups is 2. The fourth-order valence-electron chi connectivity index (χ4n) is 5.99. The standard InChI is InChI=1S/C32H36F2N4O3/c1-35-30(40)36-31(25-10-6-3-7-11-25)14-17-37(18-15-31)19-16-32(26-12-13-27(33)28(34)22-26)23-38(20-21-41-32)29(39)24-8-4-2-5-9-24/h2-13,22H,14-21,23H2,1H3,(H2,35,36,40). The molecule has 0 saturated carbocycles. The number of piperidine rings is 1. The van der Waals surface area contributed by atoms with Gasteiger partial charge in [-0.05, 0) is 54.7 Å². The Morgan fingerprint density at radius 3 is 2.22 bits per heavy atom. The summed E-state index contributed by atoms with van der Waals surface area (Å²) in [5.41, 5.74) is 0.665. The van der Waals surface area contributed by atoms with Crippen LogP contribution in [0.1, 0.15) is 40.7 Å². The number of nitrogens with one attached hydrogen (secondary N) is 2. The van der Waals surface area contributed by atoms with Crippen LogP contribution in [0.2, 0.25) is 0 Å². The second-order valence-corrected chi connectivity index (χ2v) is 10.8. The lowest BCUT2D eigenvalue weighted by Crippen LogP contribution is -2.56. The Balaban J connectivity index is 1.34. The predicted molar refractivity (Wildman–Crippen MR) is 152 cm³/mol. The first kappa shape index (κ1) is 28.7. The van der Waals surface area contributed by atoms with Crippen molar-refractivity contribution in [2.24, 2.45) is 0 Å². The molecule has 1 atom stereocenters. The molecule has 2 heterocycles. The highest BCUT2D eigenvalue weighted by atomic mass is 19.2. The first-order chi connectivity index (χ1) is 19.8. The van der Waals surface area contributed by atoms with Crippen molar-refractivity contribution in [3.05, 3.63) is 107 Å². The van der Waals surface area contributed by atoms with Crippen LogP contribution in [0.5, 0.6) is 0 Å². The topological polar surface area (TPSA) is 73.9 Å². The van der Waals surface area contributed by atoms with E-state index in [0.29, 0.717) is 43.5 Å². The zero-order valence-corrected chi connectivity index (χ0v) is 23.2. The number of nitrogens with zero attached hydrogens (tertiary/aromatic N) is 2. The predicted octanol–water partition coefficient (Wildman–Crippen LogP) is 4.64. The molecule has 0 spiro atoms. The number of rotatable bonds is 7. The number of halogens is 2. The molecule has 0 bridgehead atoms. The van der Waals surface area contributed by atoms with E-state index >= 15 is 0 Å². The molecule has 41 heavy (non-hydrogen) atoms. The van der Waals surface area contributed by atoms with E-state index in [9.17, 15) is 18.4 Å². The van der Waals surface area contributed by atoms with Crippen LogP contribution >= 0.6 is 0 Å². The molecule has 2 aliphatic rings. The van der Waals surface area contributed by atoms with Gasteiger partial charge >= 0.3 is 6.03 Å². The molecular formula is C32H36F2N4O3. The fraction of sp³-hybridized carbons (Fsp3) is 0.375. The minimum atomic E-state index is -0.995. The molecule has 1 unspecified atom stereocenters. The lowest BCUT2D eigenvalue weighted by Gasteiger charge is -2.46. The Morgan fingerprint density at radius 1 is 0.878 bits per heavy atom. The first-order valence-corrected chi connectivity index (χ1v) is 14.1. The Kier molecular flexibility index (Phi) is 8.65. The van der Waals surface area contributed by atoms with Gasteiger partial charge in [-0.2, -0.15) is 0 Å². The third-order valence-corrected chi connectivity index (χ3v) is 8.39. The maximum atomic E-state index is 14.4. The second kappa shape index (κ2) is 12.4. The minimum Gasteiger partial charge on any atom is -0.367 e. The number of benzene rings is 3. The van der Waals surface area contributed by atoms with E-state index in [-0.39, 0.29) is 25.1 Å². The van der Waals surface area contributed by atoms with Crippen LogP contribution in [0.3, 0.4) is 0 Å². The molecule has 3 aromatic carbocycles. The number of amides is 3. The number of likely N-dealkylation sites (tertiary alicyclic amines) is 1. The van der Waals surface area contributed by atoms with Crippen molar-refractivity contribution in [3.63, 3.8) is 0 Å². The van der Waals surface area contributed by atoms with Crippen molar-refractivity contribution in [2.45, 2.75) is 30.4 Å². The summed E-state index contributed by atoms with van der Waals surface area (Å²) in [6, 6.07) is 22.7. The van der Waals surface area contributed by atoms with E-state index in [4.69, 9.17) is 4.74 Å². The van der Waals surface area contributed by atoms with Gasteiger partial charge in [0.1, 0.15) is 5.60 Å². The van der Waals surface area contributed by atoms with Crippen LogP contribution < -0.4 is 10.6 Å². The van der Waals surface area contributed by atoms with Gasteiger partial charge in [0, 0.05) is 38.8 Å². The molecule has 216 valence electrons. The zero-order chi connectivity index (χ0) is 28.9. The van der Waals surface area contributed by atoms with Crippen LogP contribution in [0.4, 0.5) is 13.6 Å². The maximum absolute atomic E-state index is 14.4. The van der Waals surface area contributed by atoms with Crippen molar-refractivity contribution in [2.75, 3.05) is 46.4 Å². The van der Waals surface area contributed by atoms with E-state index in [1.165, 1.54) is 6.07 Å². The summed E-state index contributed by atoms with van der Waals surface area (Å²) >= 11 is 0. The van der Waals surface area contributed by atoms with Gasteiger partial charge in [0.05, 0.1) is 18.7 Å². The highest BCUT2D eigenvalue weighted by molar-refractivity contribution is 5.94. The van der Waals surface area contributed by atoms with Gasteiger partial charge in [-0.15, -0.1) is 0 Å². The highest BCUT2D eigenvalue weighted by Gasteiger charge is 2.42. The quantitative estimate of drug-likeness (QED) is 0.440. The molecule has 9 heteroatoms. The van der Waals surface area contributed by atoms with Crippen LogP contribution in [0.25, 0.3) is 0 Å². The molecule has 0 aliphatic carbocycles. The maximum Gasteiger partial charge on any atom is 0.315 e. The summed E-state index contributed by atoms with van der Waals surface area (Å²) in [6.45, 7) is 2.99. The van der Waals surface area contributed by atoms with E-state index in [2.05, 4.69) is 15.5 Å². The number of hydrogen-bond donors (Lipinski definition) is 2. The number of urea groups is 1. The number of ether oxygens (including phenoxy) is 1. The molecule has 2 fully saturated rings. The third-order valence-electron chi connectivity index (χ3n) is 8.39. The summed E-state index contributed by atoms with van der Waals surface area (Å²) in [7, 11) is 1.61. The van der Waals surface area contributed by atoms with Crippen molar-refractivity contribution in [3.8, 4) is 0 Å². The van der Waals surface area contributed by atoms with Gasteiger partial charge in [0.2, 0.25) is 0 Å². The molecule has 0 aromatic heterocycles. The normalized spacial score (nSPS) is 20.8. The lowest BCUT2D eigenvalue weighted by atomic mass is 9.80. The Bertz CT molecular complexity index is 1350. The molecule has 3 amide bonds. The van der Waals surface area contributed by atoms with Crippen molar-refractivity contribution < 1.29 is 23.1 Å². The molecule has 0 radical (unpaired) electrons. The lowest BCUT2D eigenvalue weighted by molar-refractivity contribution is -0.114. The summed E-state index contributed by atoms with van der Waals surface area (Å²) in [6.07, 6.45) is 1.90. The molecule has 2 N–H and O–H groups in total. The van der Waals surface area contributed by atoms with Crippen molar-refractivity contribution in [1.29, 1.82) is 0 Å². The molecule has 3 aromatic rings. The number of hydrogen-bond acceptors (Lipinski definition) is 4. The van der Waals surface area contributed by atoms with Gasteiger partial charge in [-0.25, -0.2) is 13.6 Å². The zero-order valence-electron chi connectivity index (χ0n) is 23.2. The highest BCUT2D eigenvalue weighted by Crippen LogP contribution is 2.37.